The van der Waals surface area contributed by atoms with Crippen molar-refractivity contribution in [1.82, 2.24) is 19.4 Å². The van der Waals surface area contributed by atoms with E-state index in [0.29, 0.717) is 31.9 Å². The van der Waals surface area contributed by atoms with Crippen LogP contribution in [-0.4, -0.2) is 45.5 Å². The summed E-state index contributed by atoms with van der Waals surface area (Å²) in [4.78, 5) is 15.3. The van der Waals surface area contributed by atoms with Crippen molar-refractivity contribution in [2.45, 2.75) is 13.1 Å². The second-order valence-corrected chi connectivity index (χ2v) is 6.35. The molecule has 0 amide bonds. The topological polar surface area (TPSA) is 49.6 Å². The van der Waals surface area contributed by atoms with Crippen LogP contribution in [0.5, 0.6) is 0 Å². The Bertz CT molecular complexity index is 975. The molecule has 1 fully saturated rings. The molecule has 3 aromatic rings. The largest absolute Gasteiger partial charge is 0.434 e. The summed E-state index contributed by atoms with van der Waals surface area (Å²) in [5.74, 6) is -0.146. The Kier molecular flexibility index (Phi) is 4.12. The quantitative estimate of drug-likeness (QED) is 0.640. The van der Waals surface area contributed by atoms with Gasteiger partial charge in [0, 0.05) is 38.6 Å². The molecule has 3 aromatic heterocycles. The van der Waals surface area contributed by atoms with Crippen molar-refractivity contribution >= 4 is 17.2 Å². The number of imidazole rings is 1. The van der Waals surface area contributed by atoms with Gasteiger partial charge in [0.15, 0.2) is 17.3 Å². The van der Waals surface area contributed by atoms with Crippen LogP contribution >= 0.6 is 0 Å². The third kappa shape index (κ3) is 3.26. The molecule has 0 unspecified atom stereocenters. The number of hydrogen-bond donors (Lipinski definition) is 0. The third-order valence-corrected chi connectivity index (χ3v) is 4.62. The standard InChI is InChI=1S/C17H16F4N6/c1-11-15(18)16(23-10-22-11)26-6-4-25(5-7-26)12-2-3-14-24-13(17(19,20)21)9-27(14)8-12/h2-3,8-10H,4-7H2,1H3. The van der Waals surface area contributed by atoms with Gasteiger partial charge in [0.2, 0.25) is 0 Å². The van der Waals surface area contributed by atoms with E-state index in [2.05, 4.69) is 15.0 Å². The maximum atomic E-state index is 14.2. The molecule has 0 radical (unpaired) electrons. The first kappa shape index (κ1) is 17.5. The highest BCUT2D eigenvalue weighted by atomic mass is 19.4. The van der Waals surface area contributed by atoms with Crippen LogP contribution in [0.25, 0.3) is 5.65 Å². The average Bonchev–Trinajstić information content (AvgIpc) is 3.08. The molecule has 0 spiro atoms. The first-order valence-electron chi connectivity index (χ1n) is 8.36. The number of piperazine rings is 1. The zero-order chi connectivity index (χ0) is 19.2. The minimum Gasteiger partial charge on any atom is -0.367 e. The van der Waals surface area contributed by atoms with E-state index in [1.54, 1.807) is 25.3 Å². The molecule has 27 heavy (non-hydrogen) atoms. The molecule has 0 saturated carbocycles. The number of anilines is 2. The van der Waals surface area contributed by atoms with Gasteiger partial charge >= 0.3 is 6.18 Å². The maximum absolute atomic E-state index is 14.2. The number of pyridine rings is 1. The van der Waals surface area contributed by atoms with E-state index in [1.807, 2.05) is 9.80 Å². The summed E-state index contributed by atoms with van der Waals surface area (Å²) < 4.78 is 54.0. The number of hydrogen-bond acceptors (Lipinski definition) is 5. The molecule has 1 aliphatic rings. The molecule has 6 nitrogen and oxygen atoms in total. The number of aryl methyl sites for hydroxylation is 1. The number of alkyl halides is 3. The molecular weight excluding hydrogens is 364 g/mol. The SMILES string of the molecule is Cc1ncnc(N2CCN(c3ccc4nc(C(F)(F)F)cn4c3)CC2)c1F. The van der Waals surface area contributed by atoms with E-state index in [-0.39, 0.29) is 11.5 Å². The van der Waals surface area contributed by atoms with Gasteiger partial charge < -0.3 is 14.2 Å². The second kappa shape index (κ2) is 6.36. The van der Waals surface area contributed by atoms with Crippen LogP contribution in [0, 0.1) is 12.7 Å². The fraction of sp³-hybridized carbons (Fsp3) is 0.353. The highest BCUT2D eigenvalue weighted by Gasteiger charge is 2.34. The van der Waals surface area contributed by atoms with Gasteiger partial charge in [-0.1, -0.05) is 0 Å². The number of halogens is 4. The van der Waals surface area contributed by atoms with Gasteiger partial charge in [0.1, 0.15) is 12.0 Å². The average molecular weight is 380 g/mol. The fourth-order valence-corrected chi connectivity index (χ4v) is 3.15. The Morgan fingerprint density at radius 1 is 0.963 bits per heavy atom. The molecule has 10 heteroatoms. The van der Waals surface area contributed by atoms with E-state index in [9.17, 15) is 17.6 Å². The predicted molar refractivity (Wildman–Crippen MR) is 91.3 cm³/mol. The van der Waals surface area contributed by atoms with Crippen LogP contribution in [0.4, 0.5) is 29.1 Å². The summed E-state index contributed by atoms with van der Waals surface area (Å²) in [5.41, 5.74) is 0.406. The third-order valence-electron chi connectivity index (χ3n) is 4.62. The van der Waals surface area contributed by atoms with E-state index in [4.69, 9.17) is 0 Å². The summed E-state index contributed by atoms with van der Waals surface area (Å²) >= 11 is 0. The molecule has 1 saturated heterocycles. The predicted octanol–water partition coefficient (Wildman–Crippen LogP) is 2.92. The number of fused-ring (bicyclic) bond motifs is 1. The number of rotatable bonds is 2. The Labute approximate surface area is 152 Å². The highest BCUT2D eigenvalue weighted by Crippen LogP contribution is 2.29. The highest BCUT2D eigenvalue weighted by molar-refractivity contribution is 5.54. The summed E-state index contributed by atoms with van der Waals surface area (Å²) in [7, 11) is 0. The molecule has 0 N–H and O–H groups in total. The van der Waals surface area contributed by atoms with Crippen molar-refractivity contribution in [3.8, 4) is 0 Å². The Balaban J connectivity index is 1.51. The molecule has 0 bridgehead atoms. The summed E-state index contributed by atoms with van der Waals surface area (Å²) in [6.45, 7) is 3.86. The van der Waals surface area contributed by atoms with Crippen molar-refractivity contribution in [3.05, 3.63) is 48.1 Å². The van der Waals surface area contributed by atoms with E-state index < -0.39 is 17.7 Å². The molecular formula is C17H16F4N6. The van der Waals surface area contributed by atoms with Crippen molar-refractivity contribution in [2.24, 2.45) is 0 Å². The lowest BCUT2D eigenvalue weighted by Crippen LogP contribution is -2.47. The van der Waals surface area contributed by atoms with E-state index in [0.717, 1.165) is 11.9 Å². The minimum absolute atomic E-state index is 0.239. The van der Waals surface area contributed by atoms with Gasteiger partial charge in [-0.15, -0.1) is 0 Å². The number of aromatic nitrogens is 4. The first-order valence-corrected chi connectivity index (χ1v) is 8.36. The van der Waals surface area contributed by atoms with Crippen LogP contribution in [0.15, 0.2) is 30.9 Å². The lowest BCUT2D eigenvalue weighted by atomic mass is 10.2. The first-order chi connectivity index (χ1) is 12.8. The Morgan fingerprint density at radius 2 is 1.67 bits per heavy atom. The second-order valence-electron chi connectivity index (χ2n) is 6.35. The lowest BCUT2D eigenvalue weighted by Gasteiger charge is -2.36. The van der Waals surface area contributed by atoms with Crippen molar-refractivity contribution in [3.63, 3.8) is 0 Å². The molecule has 4 heterocycles. The van der Waals surface area contributed by atoms with Crippen molar-refractivity contribution < 1.29 is 17.6 Å². The Morgan fingerprint density at radius 3 is 2.37 bits per heavy atom. The Hall–Kier alpha value is -2.91. The molecule has 0 atom stereocenters. The fourth-order valence-electron chi connectivity index (χ4n) is 3.15. The van der Waals surface area contributed by atoms with Gasteiger partial charge in [0.25, 0.3) is 0 Å². The minimum atomic E-state index is -4.47. The van der Waals surface area contributed by atoms with Gasteiger partial charge in [0.05, 0.1) is 11.4 Å². The van der Waals surface area contributed by atoms with Crippen LogP contribution in [0.2, 0.25) is 0 Å². The van der Waals surface area contributed by atoms with Gasteiger partial charge in [-0.3, -0.25) is 0 Å². The lowest BCUT2D eigenvalue weighted by molar-refractivity contribution is -0.140. The van der Waals surface area contributed by atoms with Crippen LogP contribution in [0.1, 0.15) is 11.4 Å². The summed E-state index contributed by atoms with van der Waals surface area (Å²) in [6, 6.07) is 3.30. The van der Waals surface area contributed by atoms with Crippen molar-refractivity contribution in [2.75, 3.05) is 36.0 Å². The normalized spacial score (nSPS) is 15.6. The molecule has 1 aliphatic heterocycles. The van der Waals surface area contributed by atoms with Gasteiger partial charge in [-0.25, -0.2) is 19.3 Å². The molecule has 0 aliphatic carbocycles. The molecule has 142 valence electrons. The van der Waals surface area contributed by atoms with Gasteiger partial charge in [-0.2, -0.15) is 13.2 Å². The van der Waals surface area contributed by atoms with Crippen molar-refractivity contribution in [1.29, 1.82) is 0 Å². The molecule has 0 aromatic carbocycles. The maximum Gasteiger partial charge on any atom is 0.434 e. The smallest absolute Gasteiger partial charge is 0.367 e. The zero-order valence-electron chi connectivity index (χ0n) is 14.4. The monoisotopic (exact) mass is 380 g/mol. The summed E-state index contributed by atoms with van der Waals surface area (Å²) in [6.07, 6.45) is -0.528. The zero-order valence-corrected chi connectivity index (χ0v) is 14.4. The van der Waals surface area contributed by atoms with E-state index >= 15 is 0 Å². The number of nitrogens with zero attached hydrogens (tertiary/aromatic N) is 6. The van der Waals surface area contributed by atoms with Gasteiger partial charge in [-0.05, 0) is 19.1 Å². The van der Waals surface area contributed by atoms with Crippen LogP contribution < -0.4 is 9.80 Å². The van der Waals surface area contributed by atoms with Crippen LogP contribution in [0.3, 0.4) is 0 Å². The molecule has 4 rings (SSSR count). The van der Waals surface area contributed by atoms with Crippen LogP contribution in [-0.2, 0) is 6.18 Å². The van der Waals surface area contributed by atoms with E-state index in [1.165, 1.54) is 10.7 Å². The summed E-state index contributed by atoms with van der Waals surface area (Å²) in [5, 5.41) is 0.